The molecule has 7 heteroatoms. The molecule has 0 bridgehead atoms. The molecule has 0 unspecified atom stereocenters. The highest BCUT2D eigenvalue weighted by molar-refractivity contribution is 9.10. The summed E-state index contributed by atoms with van der Waals surface area (Å²) < 4.78 is 6.87. The zero-order valence-corrected chi connectivity index (χ0v) is 20.4. The Kier molecular flexibility index (Phi) is 6.93. The number of para-hydroxylation sites is 1. The van der Waals surface area contributed by atoms with Gasteiger partial charge in [-0.2, -0.15) is 0 Å². The molecule has 0 aromatic heterocycles. The Balaban J connectivity index is 1.69. The largest absolute Gasteiger partial charge is 0.494 e. The second-order valence-electron chi connectivity index (χ2n) is 7.81. The third-order valence-corrected chi connectivity index (χ3v) is 6.27. The Morgan fingerprint density at radius 3 is 2.44 bits per heavy atom. The highest BCUT2D eigenvalue weighted by atomic mass is 79.9. The molecule has 0 spiro atoms. The number of halogens is 1. The van der Waals surface area contributed by atoms with Crippen molar-refractivity contribution in [2.75, 3.05) is 11.5 Å². The van der Waals surface area contributed by atoms with Crippen molar-refractivity contribution in [2.24, 2.45) is 0 Å². The van der Waals surface area contributed by atoms with Gasteiger partial charge in [0.2, 0.25) is 0 Å². The van der Waals surface area contributed by atoms with Crippen LogP contribution in [0.1, 0.15) is 29.2 Å². The predicted octanol–water partition coefficient (Wildman–Crippen LogP) is 5.41. The van der Waals surface area contributed by atoms with Crippen LogP contribution in [0, 0.1) is 6.92 Å². The van der Waals surface area contributed by atoms with E-state index in [1.165, 1.54) is 6.08 Å². The Bertz CT molecular complexity index is 1320. The summed E-state index contributed by atoms with van der Waals surface area (Å²) in [6, 6.07) is 19.8. The first-order chi connectivity index (χ1) is 16.4. The van der Waals surface area contributed by atoms with Gasteiger partial charge < -0.3 is 4.74 Å². The van der Waals surface area contributed by atoms with Crippen LogP contribution in [0.5, 0.6) is 5.75 Å². The number of urea groups is 1. The number of nitrogens with zero attached hydrogens (tertiary/aromatic N) is 1. The van der Waals surface area contributed by atoms with Crippen molar-refractivity contribution in [2.45, 2.75) is 20.3 Å². The lowest BCUT2D eigenvalue weighted by molar-refractivity contribution is -0.122. The maximum atomic E-state index is 13.2. The molecule has 1 heterocycles. The SMILES string of the molecule is CCOc1cc(/C=C2\C(=O)NC(=O)N(c3ccccc3C)C2=O)ccc1Cc1ccccc1Br. The third kappa shape index (κ3) is 4.79. The molecule has 3 aromatic carbocycles. The number of anilines is 1. The summed E-state index contributed by atoms with van der Waals surface area (Å²) in [6.07, 6.45) is 2.14. The highest BCUT2D eigenvalue weighted by Gasteiger charge is 2.37. The number of nitrogens with one attached hydrogen (secondary N) is 1. The fourth-order valence-electron chi connectivity index (χ4n) is 3.80. The van der Waals surface area contributed by atoms with Crippen LogP contribution < -0.4 is 15.0 Å². The van der Waals surface area contributed by atoms with E-state index >= 15 is 0 Å². The molecule has 6 nitrogen and oxygen atoms in total. The maximum Gasteiger partial charge on any atom is 0.335 e. The Morgan fingerprint density at radius 2 is 1.71 bits per heavy atom. The quantitative estimate of drug-likeness (QED) is 0.349. The van der Waals surface area contributed by atoms with Gasteiger partial charge in [0.25, 0.3) is 11.8 Å². The van der Waals surface area contributed by atoms with Crippen LogP contribution in [0.4, 0.5) is 10.5 Å². The number of barbiturate groups is 1. The van der Waals surface area contributed by atoms with Crippen LogP contribution in [0.2, 0.25) is 0 Å². The lowest BCUT2D eigenvalue weighted by Gasteiger charge is -2.27. The van der Waals surface area contributed by atoms with Crippen molar-refractivity contribution < 1.29 is 19.1 Å². The molecule has 4 amide bonds. The molecule has 4 rings (SSSR count). The van der Waals surface area contributed by atoms with Crippen LogP contribution in [0.25, 0.3) is 6.08 Å². The zero-order valence-electron chi connectivity index (χ0n) is 18.8. The first-order valence-corrected chi connectivity index (χ1v) is 11.6. The lowest BCUT2D eigenvalue weighted by atomic mass is 10.0. The molecule has 172 valence electrons. The molecule has 0 aliphatic carbocycles. The first-order valence-electron chi connectivity index (χ1n) is 10.8. The number of amides is 4. The van der Waals surface area contributed by atoms with Crippen molar-refractivity contribution in [3.8, 4) is 5.75 Å². The average Bonchev–Trinajstić information content (AvgIpc) is 2.81. The van der Waals surface area contributed by atoms with Gasteiger partial charge in [-0.05, 0) is 60.4 Å². The van der Waals surface area contributed by atoms with Gasteiger partial charge in [0.15, 0.2) is 0 Å². The highest BCUT2D eigenvalue weighted by Crippen LogP contribution is 2.29. The zero-order chi connectivity index (χ0) is 24.2. The smallest absolute Gasteiger partial charge is 0.335 e. The van der Waals surface area contributed by atoms with E-state index in [1.54, 1.807) is 31.2 Å². The minimum atomic E-state index is -0.764. The van der Waals surface area contributed by atoms with E-state index in [9.17, 15) is 14.4 Å². The molecule has 0 atom stereocenters. The number of aryl methyl sites for hydroxylation is 1. The van der Waals surface area contributed by atoms with Gasteiger partial charge in [0, 0.05) is 10.9 Å². The van der Waals surface area contributed by atoms with Gasteiger partial charge >= 0.3 is 6.03 Å². The van der Waals surface area contributed by atoms with Crippen LogP contribution >= 0.6 is 15.9 Å². The van der Waals surface area contributed by atoms with Gasteiger partial charge in [0.05, 0.1) is 12.3 Å². The van der Waals surface area contributed by atoms with Crippen LogP contribution in [0.3, 0.4) is 0 Å². The molecular weight excluding hydrogens is 496 g/mol. The topological polar surface area (TPSA) is 75.7 Å². The van der Waals surface area contributed by atoms with E-state index in [0.717, 1.165) is 26.1 Å². The second kappa shape index (κ2) is 10.1. The van der Waals surface area contributed by atoms with E-state index in [0.29, 0.717) is 30.0 Å². The summed E-state index contributed by atoms with van der Waals surface area (Å²) in [5.41, 5.74) is 3.77. The van der Waals surface area contributed by atoms with Crippen molar-refractivity contribution in [3.63, 3.8) is 0 Å². The van der Waals surface area contributed by atoms with Gasteiger partial charge in [-0.1, -0.05) is 64.5 Å². The number of carbonyl (C=O) groups is 3. The van der Waals surface area contributed by atoms with Crippen LogP contribution in [0.15, 0.2) is 76.8 Å². The molecule has 1 aliphatic heterocycles. The van der Waals surface area contributed by atoms with Crippen LogP contribution in [-0.4, -0.2) is 24.5 Å². The fourth-order valence-corrected chi connectivity index (χ4v) is 4.23. The number of carbonyl (C=O) groups excluding carboxylic acids is 3. The Hall–Kier alpha value is -3.71. The molecule has 34 heavy (non-hydrogen) atoms. The van der Waals surface area contributed by atoms with E-state index in [4.69, 9.17) is 4.74 Å². The van der Waals surface area contributed by atoms with Gasteiger partial charge in [-0.3, -0.25) is 14.9 Å². The van der Waals surface area contributed by atoms with Crippen molar-refractivity contribution >= 4 is 45.5 Å². The predicted molar refractivity (Wildman–Crippen MR) is 135 cm³/mol. The number of rotatable bonds is 6. The number of benzene rings is 3. The molecule has 3 aromatic rings. The van der Waals surface area contributed by atoms with Gasteiger partial charge in [0.1, 0.15) is 11.3 Å². The lowest BCUT2D eigenvalue weighted by Crippen LogP contribution is -2.54. The fraction of sp³-hybridized carbons (Fsp3) is 0.148. The molecular formula is C27H23BrN2O4. The summed E-state index contributed by atoms with van der Waals surface area (Å²) in [4.78, 5) is 39.2. The first kappa shape index (κ1) is 23.4. The summed E-state index contributed by atoms with van der Waals surface area (Å²) in [5, 5.41) is 2.27. The molecule has 1 aliphatic rings. The monoisotopic (exact) mass is 518 g/mol. The number of imide groups is 2. The van der Waals surface area contributed by atoms with Crippen molar-refractivity contribution in [3.05, 3.63) is 99.0 Å². The number of hydrogen-bond donors (Lipinski definition) is 1. The number of hydrogen-bond acceptors (Lipinski definition) is 4. The van der Waals surface area contributed by atoms with E-state index in [-0.39, 0.29) is 5.57 Å². The average molecular weight is 519 g/mol. The summed E-state index contributed by atoms with van der Waals surface area (Å²) in [7, 11) is 0. The van der Waals surface area contributed by atoms with E-state index in [2.05, 4.69) is 21.2 Å². The molecule has 1 fully saturated rings. The summed E-state index contributed by atoms with van der Waals surface area (Å²) >= 11 is 3.58. The minimum Gasteiger partial charge on any atom is -0.494 e. The standard InChI is InChI=1S/C27H23BrN2O4/c1-3-34-24-15-18(12-13-20(24)16-19-9-5-6-10-22(19)28)14-21-25(31)29-27(33)30(26(21)32)23-11-7-4-8-17(23)2/h4-15H,3,16H2,1-2H3,(H,29,31,33)/b21-14+. The normalized spacial score (nSPS) is 15.0. The van der Waals surface area contributed by atoms with E-state index < -0.39 is 17.8 Å². The maximum absolute atomic E-state index is 13.2. The minimum absolute atomic E-state index is 0.121. The van der Waals surface area contributed by atoms with Gasteiger partial charge in [-0.15, -0.1) is 0 Å². The summed E-state index contributed by atoms with van der Waals surface area (Å²) in [6.45, 7) is 4.17. The van der Waals surface area contributed by atoms with Crippen molar-refractivity contribution in [1.29, 1.82) is 0 Å². The molecule has 0 radical (unpaired) electrons. The van der Waals surface area contributed by atoms with Crippen molar-refractivity contribution in [1.82, 2.24) is 5.32 Å². The number of ether oxygens (including phenoxy) is 1. The Morgan fingerprint density at radius 1 is 0.971 bits per heavy atom. The third-order valence-electron chi connectivity index (χ3n) is 5.50. The molecule has 1 N–H and O–H groups in total. The van der Waals surface area contributed by atoms with Crippen LogP contribution in [-0.2, 0) is 16.0 Å². The second-order valence-corrected chi connectivity index (χ2v) is 8.67. The van der Waals surface area contributed by atoms with E-state index in [1.807, 2.05) is 49.4 Å². The Labute approximate surface area is 206 Å². The summed E-state index contributed by atoms with van der Waals surface area (Å²) in [5.74, 6) is -0.725. The molecule has 0 saturated carbocycles. The van der Waals surface area contributed by atoms with Gasteiger partial charge in [-0.25, -0.2) is 9.69 Å². The molecule has 1 saturated heterocycles.